The Bertz CT molecular complexity index is 2880. The Morgan fingerprint density at radius 3 is 2.07 bits per heavy atom. The third-order valence-electron chi connectivity index (χ3n) is 9.45. The molecule has 0 N–H and O–H groups in total. The zero-order valence-corrected chi connectivity index (χ0v) is 24.2. The lowest BCUT2D eigenvalue weighted by atomic mass is 9.93. The Kier molecular flexibility index (Phi) is 4.79. The van der Waals surface area contributed by atoms with Gasteiger partial charge in [0.15, 0.2) is 5.69 Å². The maximum Gasteiger partial charge on any atom is 0.230 e. The Balaban J connectivity index is 1.40. The molecule has 9 aromatic rings. The van der Waals surface area contributed by atoms with Gasteiger partial charge in [0.1, 0.15) is 23.4 Å². The highest BCUT2D eigenvalue weighted by Crippen LogP contribution is 2.50. The minimum absolute atomic E-state index is 0.140. The van der Waals surface area contributed by atoms with E-state index in [1.54, 1.807) is 0 Å². The summed E-state index contributed by atoms with van der Waals surface area (Å²) in [5.74, 6) is 0. The van der Waals surface area contributed by atoms with Crippen LogP contribution in [0.25, 0.3) is 93.7 Å². The molecule has 1 aliphatic rings. The fourth-order valence-corrected chi connectivity index (χ4v) is 7.58. The first kappa shape index (κ1) is 24.7. The summed E-state index contributed by atoms with van der Waals surface area (Å²) >= 11 is 0. The molecule has 0 spiro atoms. The molecule has 3 aromatic heterocycles. The summed E-state index contributed by atoms with van der Waals surface area (Å²) in [4.78, 5) is 4.76. The largest absolute Gasteiger partial charge is 0.438 e. The van der Waals surface area contributed by atoms with Crippen LogP contribution in [-0.2, 0) is 0 Å². The molecule has 5 heteroatoms. The number of furan rings is 1. The van der Waals surface area contributed by atoms with Gasteiger partial charge in [-0.1, -0.05) is 97.1 Å². The summed E-state index contributed by atoms with van der Waals surface area (Å²) in [5.41, 5.74) is 10.4. The first-order valence-electron chi connectivity index (χ1n) is 15.1. The van der Waals surface area contributed by atoms with Crippen LogP contribution >= 0.6 is 0 Å². The number of hydrogen-bond acceptors (Lipinski definition) is 4. The number of benzene rings is 6. The molecule has 0 fully saturated rings. The Labute approximate surface area is 262 Å². The number of pyridine rings is 1. The molecule has 5 nitrogen and oxygen atoms in total. The Morgan fingerprint density at radius 1 is 0.565 bits per heavy atom. The number of hydrogen-bond donors (Lipinski definition) is 0. The quantitative estimate of drug-likeness (QED) is 0.202. The van der Waals surface area contributed by atoms with Crippen LogP contribution < -0.4 is 0 Å². The fraction of sp³-hybridized carbons (Fsp3) is 0. The van der Waals surface area contributed by atoms with E-state index in [0.717, 1.165) is 65.8 Å². The van der Waals surface area contributed by atoms with Crippen LogP contribution in [0.5, 0.6) is 0 Å². The van der Waals surface area contributed by atoms with Gasteiger partial charge >= 0.3 is 0 Å². The summed E-state index contributed by atoms with van der Waals surface area (Å²) < 4.78 is 8.26. The number of nitriles is 2. The maximum absolute atomic E-state index is 10.9. The average molecular weight is 585 g/mol. The normalized spacial score (nSPS) is 11.9. The first-order chi connectivity index (χ1) is 22.7. The molecule has 3 heterocycles. The highest BCUT2D eigenvalue weighted by molar-refractivity contribution is 6.30. The van der Waals surface area contributed by atoms with Gasteiger partial charge in [0, 0.05) is 16.2 Å². The SMILES string of the molecule is N#Cc1nc2oc3ccc(-c4ccccc4)cc3c2c(C#N)c1-n1c2cccc3c2c2c4c(cccc4ccc21)-c1ccccc1-3. The lowest BCUT2D eigenvalue weighted by Crippen LogP contribution is -2.04. The summed E-state index contributed by atoms with van der Waals surface area (Å²) in [6.45, 7) is 0. The van der Waals surface area contributed by atoms with E-state index in [4.69, 9.17) is 9.40 Å². The molecule has 0 unspecified atom stereocenters. The summed E-state index contributed by atoms with van der Waals surface area (Å²) in [6.07, 6.45) is 0. The van der Waals surface area contributed by atoms with Gasteiger partial charge in [-0.2, -0.15) is 15.5 Å². The van der Waals surface area contributed by atoms with Crippen LogP contribution in [0.2, 0.25) is 0 Å². The average Bonchev–Trinajstić information content (AvgIpc) is 3.61. The van der Waals surface area contributed by atoms with Crippen molar-refractivity contribution in [2.24, 2.45) is 0 Å². The van der Waals surface area contributed by atoms with Crippen LogP contribution in [-0.4, -0.2) is 9.55 Å². The van der Waals surface area contributed by atoms with Gasteiger partial charge < -0.3 is 8.98 Å². The highest BCUT2D eigenvalue weighted by Gasteiger charge is 2.28. The van der Waals surface area contributed by atoms with E-state index in [2.05, 4.69) is 102 Å². The molecule has 6 aromatic carbocycles. The molecular weight excluding hydrogens is 564 g/mol. The minimum atomic E-state index is 0.140. The minimum Gasteiger partial charge on any atom is -0.438 e. The first-order valence-corrected chi connectivity index (χ1v) is 15.1. The predicted octanol–water partition coefficient (Wildman–Crippen LogP) is 10.3. The van der Waals surface area contributed by atoms with Crippen molar-refractivity contribution in [3.63, 3.8) is 0 Å². The molecule has 0 radical (unpaired) electrons. The van der Waals surface area contributed by atoms with Crippen LogP contribution in [0.1, 0.15) is 11.3 Å². The van der Waals surface area contributed by atoms with Gasteiger partial charge in [-0.05, 0) is 68.4 Å². The molecule has 0 saturated heterocycles. The second-order valence-corrected chi connectivity index (χ2v) is 11.7. The zero-order valence-electron chi connectivity index (χ0n) is 24.2. The monoisotopic (exact) mass is 584 g/mol. The number of fused-ring (bicyclic) bond motifs is 6. The number of nitrogens with zero attached hydrogens (tertiary/aromatic N) is 4. The second kappa shape index (κ2) is 8.92. The molecule has 210 valence electrons. The van der Waals surface area contributed by atoms with Crippen LogP contribution in [0, 0.1) is 22.7 Å². The van der Waals surface area contributed by atoms with Crippen LogP contribution in [0.15, 0.2) is 126 Å². The molecule has 0 amide bonds. The van der Waals surface area contributed by atoms with Crippen molar-refractivity contribution in [2.45, 2.75) is 0 Å². The predicted molar refractivity (Wildman–Crippen MR) is 183 cm³/mol. The van der Waals surface area contributed by atoms with Gasteiger partial charge in [-0.15, -0.1) is 0 Å². The Morgan fingerprint density at radius 2 is 1.28 bits per heavy atom. The van der Waals surface area contributed by atoms with Crippen molar-refractivity contribution in [3.05, 3.63) is 133 Å². The number of aromatic nitrogens is 2. The molecule has 0 aliphatic heterocycles. The van der Waals surface area contributed by atoms with Crippen molar-refractivity contribution >= 4 is 54.6 Å². The number of rotatable bonds is 2. The molecule has 10 rings (SSSR count). The summed E-state index contributed by atoms with van der Waals surface area (Å²) in [5, 5.41) is 27.3. The van der Waals surface area contributed by atoms with Gasteiger partial charge in [0.05, 0.1) is 22.0 Å². The van der Waals surface area contributed by atoms with Crippen molar-refractivity contribution < 1.29 is 4.42 Å². The van der Waals surface area contributed by atoms with Crippen molar-refractivity contribution in [1.82, 2.24) is 9.55 Å². The van der Waals surface area contributed by atoms with E-state index >= 15 is 0 Å². The molecule has 0 bridgehead atoms. The lowest BCUT2D eigenvalue weighted by Gasteiger charge is -2.15. The zero-order chi connectivity index (χ0) is 30.5. The van der Waals surface area contributed by atoms with E-state index in [1.807, 2.05) is 36.4 Å². The van der Waals surface area contributed by atoms with E-state index in [-0.39, 0.29) is 11.4 Å². The van der Waals surface area contributed by atoms with Crippen molar-refractivity contribution in [3.8, 4) is 51.2 Å². The third kappa shape index (κ3) is 3.08. The van der Waals surface area contributed by atoms with Gasteiger partial charge in [-0.3, -0.25) is 0 Å². The second-order valence-electron chi connectivity index (χ2n) is 11.7. The van der Waals surface area contributed by atoms with Crippen molar-refractivity contribution in [2.75, 3.05) is 0 Å². The highest BCUT2D eigenvalue weighted by atomic mass is 16.3. The molecular formula is C41H20N4O. The van der Waals surface area contributed by atoms with E-state index in [1.165, 1.54) is 5.56 Å². The van der Waals surface area contributed by atoms with E-state index in [0.29, 0.717) is 22.2 Å². The van der Waals surface area contributed by atoms with Crippen molar-refractivity contribution in [1.29, 1.82) is 10.5 Å². The van der Waals surface area contributed by atoms with Crippen LogP contribution in [0.3, 0.4) is 0 Å². The van der Waals surface area contributed by atoms with Gasteiger partial charge in [0.2, 0.25) is 5.71 Å². The Hall–Kier alpha value is -6.69. The molecule has 1 aliphatic carbocycles. The van der Waals surface area contributed by atoms with Gasteiger partial charge in [0.25, 0.3) is 0 Å². The summed E-state index contributed by atoms with van der Waals surface area (Å²) in [6, 6.07) is 46.4. The molecule has 46 heavy (non-hydrogen) atoms. The standard InChI is InChI=1S/C41H20N4O/c42-21-31-37-30-20-25(23-8-2-1-3-9-23)17-19-35(30)46-41(37)44-32(22-43)40(31)45-33-15-7-14-29-27-12-5-4-11-26(27)28-13-6-10-24-16-18-34(45)39(36(24)28)38(29)33/h1-20H. The van der Waals surface area contributed by atoms with E-state index in [9.17, 15) is 10.5 Å². The third-order valence-corrected chi connectivity index (χ3v) is 9.45. The molecule has 0 saturated carbocycles. The maximum atomic E-state index is 10.9. The fourth-order valence-electron chi connectivity index (χ4n) is 7.58. The van der Waals surface area contributed by atoms with Gasteiger partial charge in [-0.25, -0.2) is 0 Å². The molecule has 0 atom stereocenters. The smallest absolute Gasteiger partial charge is 0.230 e. The van der Waals surface area contributed by atoms with Crippen LogP contribution in [0.4, 0.5) is 0 Å². The van der Waals surface area contributed by atoms with E-state index < -0.39 is 0 Å². The topological polar surface area (TPSA) is 78.5 Å². The lowest BCUT2D eigenvalue weighted by molar-refractivity contribution is 0.653. The summed E-state index contributed by atoms with van der Waals surface area (Å²) in [7, 11) is 0.